The number of rotatable bonds is 1. The summed E-state index contributed by atoms with van der Waals surface area (Å²) >= 11 is 0. The summed E-state index contributed by atoms with van der Waals surface area (Å²) < 4.78 is 0. The highest BCUT2D eigenvalue weighted by atomic mass is 14.9. The van der Waals surface area contributed by atoms with Gasteiger partial charge in [-0.15, -0.1) is 0 Å². The van der Waals surface area contributed by atoms with Crippen LogP contribution in [0.1, 0.15) is 11.4 Å². The van der Waals surface area contributed by atoms with Gasteiger partial charge in [0, 0.05) is 11.8 Å². The van der Waals surface area contributed by atoms with Crippen LogP contribution in [-0.4, -0.2) is 9.97 Å². The lowest BCUT2D eigenvalue weighted by Gasteiger charge is -1.82. The van der Waals surface area contributed by atoms with E-state index in [2.05, 4.69) is 9.97 Å². The molecule has 0 aliphatic rings. The van der Waals surface area contributed by atoms with Gasteiger partial charge in [0.1, 0.15) is 0 Å². The molecule has 0 saturated heterocycles. The Bertz CT molecular complexity index is 277. The maximum atomic E-state index is 8.18. The fraction of sp³-hybridized carbons (Fsp3) is 0.143. The molecule has 50 valence electrons. The molecule has 1 heterocycles. The van der Waals surface area contributed by atoms with Crippen LogP contribution in [0.2, 0.25) is 0 Å². The molecule has 0 fully saturated rings. The summed E-state index contributed by atoms with van der Waals surface area (Å²) in [6.07, 6.45) is 4.68. The first kappa shape index (κ1) is 6.56. The highest BCUT2D eigenvalue weighted by Gasteiger charge is 1.92. The molecule has 0 saturated carbocycles. The van der Waals surface area contributed by atoms with Crippen LogP contribution in [0, 0.1) is 18.3 Å². The van der Waals surface area contributed by atoms with Crippen molar-refractivity contribution in [2.75, 3.05) is 0 Å². The lowest BCUT2D eigenvalue weighted by Crippen LogP contribution is -1.74. The van der Waals surface area contributed by atoms with E-state index >= 15 is 0 Å². The monoisotopic (exact) mass is 133 g/mol. The first-order valence-electron chi connectivity index (χ1n) is 2.90. The number of H-pyrrole nitrogens is 1. The van der Waals surface area contributed by atoms with Gasteiger partial charge in [0.15, 0.2) is 0 Å². The van der Waals surface area contributed by atoms with Crippen molar-refractivity contribution >= 4 is 6.08 Å². The van der Waals surface area contributed by atoms with Crippen LogP contribution in [0.3, 0.4) is 0 Å². The van der Waals surface area contributed by atoms with E-state index in [9.17, 15) is 0 Å². The van der Waals surface area contributed by atoms with Crippen molar-refractivity contribution in [1.82, 2.24) is 9.97 Å². The Balaban J connectivity index is 2.87. The van der Waals surface area contributed by atoms with Crippen LogP contribution < -0.4 is 0 Å². The Morgan fingerprint density at radius 2 is 2.60 bits per heavy atom. The van der Waals surface area contributed by atoms with Crippen LogP contribution in [0.4, 0.5) is 0 Å². The number of nitriles is 1. The summed E-state index contributed by atoms with van der Waals surface area (Å²) in [5.41, 5.74) is 1.80. The van der Waals surface area contributed by atoms with Gasteiger partial charge in [0.05, 0.1) is 18.1 Å². The summed E-state index contributed by atoms with van der Waals surface area (Å²) in [4.78, 5) is 6.87. The van der Waals surface area contributed by atoms with E-state index in [1.807, 2.05) is 13.0 Å². The van der Waals surface area contributed by atoms with E-state index < -0.39 is 0 Å². The van der Waals surface area contributed by atoms with E-state index in [4.69, 9.17) is 5.26 Å². The zero-order valence-corrected chi connectivity index (χ0v) is 5.63. The van der Waals surface area contributed by atoms with Crippen molar-refractivity contribution in [1.29, 1.82) is 5.26 Å². The van der Waals surface area contributed by atoms with Gasteiger partial charge >= 0.3 is 0 Å². The standard InChI is InChI=1S/C7H7N3/c1-6-7(3-2-4-8)10-5-9-6/h2-3,5H,1H3,(H,9,10). The normalized spacial score (nSPS) is 10.0. The average molecular weight is 133 g/mol. The lowest BCUT2D eigenvalue weighted by atomic mass is 10.3. The largest absolute Gasteiger partial charge is 0.348 e. The van der Waals surface area contributed by atoms with Gasteiger partial charge in [-0.2, -0.15) is 5.26 Å². The van der Waals surface area contributed by atoms with Gasteiger partial charge in [-0.3, -0.25) is 0 Å². The molecule has 1 N–H and O–H groups in total. The molecule has 0 amide bonds. The number of hydrogen-bond acceptors (Lipinski definition) is 2. The molecule has 0 bridgehead atoms. The molecule has 1 aromatic rings. The number of imidazole rings is 1. The van der Waals surface area contributed by atoms with Crippen molar-refractivity contribution in [3.63, 3.8) is 0 Å². The van der Waals surface area contributed by atoms with E-state index in [0.717, 1.165) is 11.4 Å². The lowest BCUT2D eigenvalue weighted by molar-refractivity contribution is 1.25. The maximum absolute atomic E-state index is 8.18. The second kappa shape index (κ2) is 2.83. The van der Waals surface area contributed by atoms with E-state index in [0.29, 0.717) is 0 Å². The zero-order valence-electron chi connectivity index (χ0n) is 5.63. The summed E-state index contributed by atoms with van der Waals surface area (Å²) in [6, 6.07) is 1.90. The van der Waals surface area contributed by atoms with E-state index in [1.54, 1.807) is 12.4 Å². The van der Waals surface area contributed by atoms with Crippen LogP contribution in [-0.2, 0) is 0 Å². The van der Waals surface area contributed by atoms with Crippen molar-refractivity contribution in [2.24, 2.45) is 0 Å². The van der Waals surface area contributed by atoms with Crippen LogP contribution in [0.15, 0.2) is 12.4 Å². The van der Waals surface area contributed by atoms with Crippen LogP contribution in [0.5, 0.6) is 0 Å². The van der Waals surface area contributed by atoms with E-state index in [-0.39, 0.29) is 0 Å². The first-order valence-corrected chi connectivity index (χ1v) is 2.90. The third kappa shape index (κ3) is 1.23. The quantitative estimate of drug-likeness (QED) is 0.586. The number of aryl methyl sites for hydroxylation is 1. The third-order valence-corrected chi connectivity index (χ3v) is 1.18. The van der Waals surface area contributed by atoms with Gasteiger partial charge in [-0.05, 0) is 13.0 Å². The Hall–Kier alpha value is -1.56. The van der Waals surface area contributed by atoms with Crippen LogP contribution >= 0.6 is 0 Å². The number of nitrogens with zero attached hydrogens (tertiary/aromatic N) is 2. The third-order valence-electron chi connectivity index (χ3n) is 1.18. The van der Waals surface area contributed by atoms with Crippen LogP contribution in [0.25, 0.3) is 6.08 Å². The van der Waals surface area contributed by atoms with Gasteiger partial charge in [-0.25, -0.2) is 4.98 Å². The first-order chi connectivity index (χ1) is 4.84. The molecule has 10 heavy (non-hydrogen) atoms. The predicted molar refractivity (Wildman–Crippen MR) is 38.0 cm³/mol. The molecule has 3 nitrogen and oxygen atoms in total. The number of aromatic amines is 1. The highest BCUT2D eigenvalue weighted by molar-refractivity contribution is 5.49. The van der Waals surface area contributed by atoms with Gasteiger partial charge in [0.25, 0.3) is 0 Å². The smallest absolute Gasteiger partial charge is 0.0929 e. The molecular weight excluding hydrogens is 126 g/mol. The van der Waals surface area contributed by atoms with Crippen molar-refractivity contribution in [2.45, 2.75) is 6.92 Å². The maximum Gasteiger partial charge on any atom is 0.0929 e. The van der Waals surface area contributed by atoms with E-state index in [1.165, 1.54) is 6.08 Å². The Morgan fingerprint density at radius 1 is 1.80 bits per heavy atom. The van der Waals surface area contributed by atoms with Crippen molar-refractivity contribution in [3.05, 3.63) is 23.8 Å². The number of allylic oxidation sites excluding steroid dienone is 1. The highest BCUT2D eigenvalue weighted by Crippen LogP contribution is 2.01. The number of hydrogen-bond donors (Lipinski definition) is 1. The minimum absolute atomic E-state index is 0.821. The SMILES string of the molecule is Cc1[nH]cnc1C=CC#N. The fourth-order valence-electron chi connectivity index (χ4n) is 0.654. The topological polar surface area (TPSA) is 52.5 Å². The molecule has 1 rings (SSSR count). The molecule has 0 unspecified atom stereocenters. The predicted octanol–water partition coefficient (Wildman–Crippen LogP) is 1.25. The van der Waals surface area contributed by atoms with Crippen molar-refractivity contribution in [3.8, 4) is 6.07 Å². The summed E-state index contributed by atoms with van der Waals surface area (Å²) in [5, 5.41) is 8.18. The number of aromatic nitrogens is 2. The molecular formula is C7H7N3. The summed E-state index contributed by atoms with van der Waals surface area (Å²) in [6.45, 7) is 1.91. The molecule has 0 atom stereocenters. The molecule has 1 aromatic heterocycles. The average Bonchev–Trinajstić information content (AvgIpc) is 2.31. The molecule has 3 heteroatoms. The summed E-state index contributed by atoms with van der Waals surface area (Å²) in [5.74, 6) is 0. The molecule has 0 aromatic carbocycles. The van der Waals surface area contributed by atoms with Gasteiger partial charge in [-0.1, -0.05) is 0 Å². The molecule has 0 aliphatic carbocycles. The Labute approximate surface area is 59.0 Å². The fourth-order valence-corrected chi connectivity index (χ4v) is 0.654. The van der Waals surface area contributed by atoms with Gasteiger partial charge < -0.3 is 4.98 Å². The number of nitrogens with one attached hydrogen (secondary N) is 1. The second-order valence-corrected chi connectivity index (χ2v) is 1.88. The minimum Gasteiger partial charge on any atom is -0.348 e. The van der Waals surface area contributed by atoms with Crippen molar-refractivity contribution < 1.29 is 0 Å². The molecule has 0 radical (unpaired) electrons. The Morgan fingerprint density at radius 3 is 3.10 bits per heavy atom. The zero-order chi connectivity index (χ0) is 7.40. The second-order valence-electron chi connectivity index (χ2n) is 1.88. The minimum atomic E-state index is 0.821. The molecule has 0 spiro atoms. The summed E-state index contributed by atoms with van der Waals surface area (Å²) in [7, 11) is 0. The Kier molecular flexibility index (Phi) is 1.86. The van der Waals surface area contributed by atoms with Gasteiger partial charge in [0.2, 0.25) is 0 Å². The molecule has 0 aliphatic heterocycles.